The fourth-order valence-electron chi connectivity index (χ4n) is 2.15. The molecule has 1 aromatic rings. The fraction of sp³-hybridized carbons (Fsp3) is 0.538. The molecule has 1 fully saturated rings. The number of rotatable bonds is 4. The zero-order chi connectivity index (χ0) is 16.1. The van der Waals surface area contributed by atoms with Gasteiger partial charge >= 0.3 is 6.18 Å². The van der Waals surface area contributed by atoms with Gasteiger partial charge in [0.1, 0.15) is 5.54 Å². The van der Waals surface area contributed by atoms with Crippen molar-refractivity contribution >= 4 is 10.0 Å². The Hall–Kier alpha value is -1.12. The van der Waals surface area contributed by atoms with Gasteiger partial charge in [0.05, 0.1) is 11.5 Å². The molecule has 0 spiro atoms. The van der Waals surface area contributed by atoms with Gasteiger partial charge in [0.25, 0.3) is 0 Å². The molecule has 2 N–H and O–H groups in total. The Bertz CT molecular complexity index is 664. The van der Waals surface area contributed by atoms with Crippen LogP contribution in [0.1, 0.15) is 29.5 Å². The minimum Gasteiger partial charge on any atom is -0.392 e. The molecule has 0 heterocycles. The lowest BCUT2D eigenvalue weighted by atomic mass is 10.1. The van der Waals surface area contributed by atoms with Crippen LogP contribution in [0.2, 0.25) is 0 Å². The molecule has 2 rings (SSSR count). The van der Waals surface area contributed by atoms with E-state index in [1.165, 1.54) is 13.0 Å². The van der Waals surface area contributed by atoms with E-state index in [9.17, 15) is 21.6 Å². The second-order valence-corrected chi connectivity index (χ2v) is 7.03. The van der Waals surface area contributed by atoms with Gasteiger partial charge in [0, 0.05) is 0 Å². The number of sulfonamides is 1. The number of benzene rings is 1. The number of alkyl halides is 3. The van der Waals surface area contributed by atoms with Crippen molar-refractivity contribution in [1.82, 2.24) is 4.72 Å². The number of aliphatic hydroxyl groups excluding tert-OH is 1. The van der Waals surface area contributed by atoms with Crippen LogP contribution in [-0.2, 0) is 16.6 Å². The third-order valence-corrected chi connectivity index (χ3v) is 5.44. The topological polar surface area (TPSA) is 66.4 Å². The van der Waals surface area contributed by atoms with Gasteiger partial charge in [-0.05, 0) is 49.4 Å². The van der Waals surface area contributed by atoms with Crippen molar-refractivity contribution in [2.45, 2.75) is 49.9 Å². The molecule has 0 atom stereocenters. The van der Waals surface area contributed by atoms with E-state index in [2.05, 4.69) is 0 Å². The summed E-state index contributed by atoms with van der Waals surface area (Å²) in [6.45, 7) is 2.79. The van der Waals surface area contributed by atoms with Crippen LogP contribution in [0.4, 0.5) is 13.2 Å². The zero-order valence-corrected chi connectivity index (χ0v) is 12.4. The smallest absolute Gasteiger partial charge is 0.392 e. The van der Waals surface area contributed by atoms with Gasteiger partial charge in [-0.2, -0.15) is 17.9 Å². The van der Waals surface area contributed by atoms with Crippen LogP contribution in [0.5, 0.6) is 0 Å². The molecule has 1 aliphatic carbocycles. The lowest BCUT2D eigenvalue weighted by Gasteiger charge is -2.22. The van der Waals surface area contributed by atoms with Crippen molar-refractivity contribution in [2.75, 3.05) is 0 Å². The van der Waals surface area contributed by atoms with Gasteiger partial charge < -0.3 is 5.11 Å². The maximum atomic E-state index is 12.9. The van der Waals surface area contributed by atoms with Gasteiger partial charge in [-0.1, -0.05) is 6.07 Å². The Kier molecular flexibility index (Phi) is 3.84. The predicted octanol–water partition coefficient (Wildman–Crippen LogP) is 2.17. The van der Waals surface area contributed by atoms with Crippen molar-refractivity contribution < 1.29 is 26.7 Å². The third kappa shape index (κ3) is 2.93. The second kappa shape index (κ2) is 4.96. The number of halogens is 3. The maximum Gasteiger partial charge on any atom is 0.407 e. The molecule has 0 bridgehead atoms. The van der Waals surface area contributed by atoms with Crippen molar-refractivity contribution in [1.29, 1.82) is 0 Å². The summed E-state index contributed by atoms with van der Waals surface area (Å²) in [4.78, 5) is -0.220. The van der Waals surface area contributed by atoms with Crippen LogP contribution in [0.25, 0.3) is 0 Å². The Morgan fingerprint density at radius 1 is 1.29 bits per heavy atom. The molecule has 1 saturated carbocycles. The van der Waals surface area contributed by atoms with Crippen LogP contribution in [0.3, 0.4) is 0 Å². The van der Waals surface area contributed by atoms with Crippen molar-refractivity contribution in [3.05, 3.63) is 28.8 Å². The van der Waals surface area contributed by atoms with Gasteiger partial charge in [0.2, 0.25) is 10.0 Å². The highest BCUT2D eigenvalue weighted by molar-refractivity contribution is 7.89. The quantitative estimate of drug-likeness (QED) is 0.892. The largest absolute Gasteiger partial charge is 0.407 e. The van der Waals surface area contributed by atoms with Gasteiger partial charge in [-0.25, -0.2) is 8.42 Å². The highest BCUT2D eigenvalue weighted by Gasteiger charge is 2.65. The number of aliphatic hydroxyl groups is 1. The van der Waals surface area contributed by atoms with Crippen molar-refractivity contribution in [2.24, 2.45) is 0 Å². The normalized spacial score (nSPS) is 17.8. The van der Waals surface area contributed by atoms with Gasteiger partial charge in [-0.3, -0.25) is 0 Å². The Morgan fingerprint density at radius 3 is 2.29 bits per heavy atom. The lowest BCUT2D eigenvalue weighted by molar-refractivity contribution is -0.160. The maximum absolute atomic E-state index is 12.9. The minimum absolute atomic E-state index is 0.220. The van der Waals surface area contributed by atoms with Crippen LogP contribution in [-0.4, -0.2) is 25.2 Å². The molecule has 8 heteroatoms. The molecule has 0 aromatic heterocycles. The first-order chi connectivity index (χ1) is 9.52. The summed E-state index contributed by atoms with van der Waals surface area (Å²) in [5, 5.41) is 9.12. The monoisotopic (exact) mass is 323 g/mol. The summed E-state index contributed by atoms with van der Waals surface area (Å²) >= 11 is 0. The Balaban J connectivity index is 2.44. The number of aryl methyl sites for hydroxylation is 1. The summed E-state index contributed by atoms with van der Waals surface area (Å²) < 4.78 is 65.1. The number of hydrogen-bond acceptors (Lipinski definition) is 3. The van der Waals surface area contributed by atoms with Crippen LogP contribution in [0, 0.1) is 13.8 Å². The molecular weight excluding hydrogens is 307 g/mol. The molecule has 0 saturated heterocycles. The van der Waals surface area contributed by atoms with Crippen LogP contribution >= 0.6 is 0 Å². The second-order valence-electron chi connectivity index (χ2n) is 5.38. The lowest BCUT2D eigenvalue weighted by Crippen LogP contribution is -2.47. The summed E-state index contributed by atoms with van der Waals surface area (Å²) in [6, 6.07) is 2.81. The summed E-state index contributed by atoms with van der Waals surface area (Å²) in [5.74, 6) is 0. The average molecular weight is 323 g/mol. The van der Waals surface area contributed by atoms with E-state index in [0.29, 0.717) is 16.7 Å². The molecule has 118 valence electrons. The molecule has 0 amide bonds. The molecule has 1 aromatic carbocycles. The Labute approximate surface area is 121 Å². The van der Waals surface area contributed by atoms with E-state index in [1.807, 2.05) is 0 Å². The molecule has 21 heavy (non-hydrogen) atoms. The average Bonchev–Trinajstić information content (AvgIpc) is 3.11. The molecule has 4 nitrogen and oxygen atoms in total. The first-order valence-electron chi connectivity index (χ1n) is 6.34. The van der Waals surface area contributed by atoms with E-state index >= 15 is 0 Å². The van der Waals surface area contributed by atoms with Crippen LogP contribution in [0.15, 0.2) is 17.0 Å². The highest BCUT2D eigenvalue weighted by atomic mass is 32.2. The molecule has 0 unspecified atom stereocenters. The molecule has 1 aliphatic rings. The molecule has 0 aliphatic heterocycles. The van der Waals surface area contributed by atoms with Crippen LogP contribution < -0.4 is 4.72 Å². The standard InChI is InChI=1S/C13H16F3NO3S/c1-8-5-10(7-18)6-11(9(8)2)21(19,20)17-12(3-4-12)13(14,15)16/h5-6,17-18H,3-4,7H2,1-2H3. The first kappa shape index (κ1) is 16.3. The highest BCUT2D eigenvalue weighted by Crippen LogP contribution is 2.49. The van der Waals surface area contributed by atoms with Gasteiger partial charge in [0.15, 0.2) is 0 Å². The summed E-state index contributed by atoms with van der Waals surface area (Å²) in [6.07, 6.45) is -5.13. The van der Waals surface area contributed by atoms with E-state index < -0.39 is 21.7 Å². The number of nitrogens with one attached hydrogen (secondary N) is 1. The third-order valence-electron chi connectivity index (χ3n) is 3.77. The van der Waals surface area contributed by atoms with Crippen molar-refractivity contribution in [3.63, 3.8) is 0 Å². The van der Waals surface area contributed by atoms with Crippen molar-refractivity contribution in [3.8, 4) is 0 Å². The van der Waals surface area contributed by atoms with Gasteiger partial charge in [-0.15, -0.1) is 0 Å². The van der Waals surface area contributed by atoms with E-state index in [4.69, 9.17) is 5.11 Å². The SMILES string of the molecule is Cc1cc(CO)cc(S(=O)(=O)NC2(C(F)(F)F)CC2)c1C. The van der Waals surface area contributed by atoms with E-state index in [0.717, 1.165) is 0 Å². The van der Waals surface area contributed by atoms with E-state index in [1.54, 1.807) is 17.7 Å². The first-order valence-corrected chi connectivity index (χ1v) is 7.82. The minimum atomic E-state index is -4.61. The summed E-state index contributed by atoms with van der Waals surface area (Å²) in [5.41, 5.74) is -1.03. The zero-order valence-electron chi connectivity index (χ0n) is 11.6. The van der Waals surface area contributed by atoms with E-state index in [-0.39, 0.29) is 24.3 Å². The summed E-state index contributed by atoms with van der Waals surface area (Å²) in [7, 11) is -4.31. The molecule has 0 radical (unpaired) electrons. The fourth-order valence-corrected chi connectivity index (χ4v) is 3.96. The number of hydrogen-bond donors (Lipinski definition) is 2. The Morgan fingerprint density at radius 2 is 1.86 bits per heavy atom. The molecular formula is C13H16F3NO3S. The predicted molar refractivity (Wildman–Crippen MR) is 70.2 cm³/mol.